The zero-order chi connectivity index (χ0) is 25.6. The van der Waals surface area contributed by atoms with Gasteiger partial charge in [0, 0.05) is 22.7 Å². The molecular weight excluding hydrogens is 564 g/mol. The van der Waals surface area contributed by atoms with Gasteiger partial charge in [0.2, 0.25) is 0 Å². The van der Waals surface area contributed by atoms with E-state index in [1.165, 1.54) is 18.2 Å². The molecule has 0 saturated heterocycles. The van der Waals surface area contributed by atoms with Crippen LogP contribution < -0.4 is 0 Å². The van der Waals surface area contributed by atoms with Gasteiger partial charge >= 0.3 is 0 Å². The first-order chi connectivity index (χ1) is 16.5. The van der Waals surface area contributed by atoms with Crippen LogP contribution in [0.2, 0.25) is 25.1 Å². The van der Waals surface area contributed by atoms with Crippen LogP contribution in [0.1, 0.15) is 36.6 Å². The molecule has 4 rings (SSSR count). The largest absolute Gasteiger partial charge is 0.282 e. The van der Waals surface area contributed by atoms with Crippen LogP contribution in [0, 0.1) is 10.1 Å². The molecule has 8 nitrogen and oxygen atoms in total. The Labute approximate surface area is 222 Å². The van der Waals surface area contributed by atoms with Crippen molar-refractivity contribution in [1.82, 2.24) is 10.0 Å². The number of carbonyl (C=O) groups is 3. The smallest absolute Gasteiger partial charge is 0.267 e. The van der Waals surface area contributed by atoms with E-state index in [9.17, 15) is 24.5 Å². The van der Waals surface area contributed by atoms with Crippen molar-refractivity contribution in [3.63, 3.8) is 0 Å². The van der Waals surface area contributed by atoms with Gasteiger partial charge in [-0.3, -0.25) is 24.5 Å². The number of nitro benzene ring substituents is 1. The molecule has 13 heteroatoms. The molecule has 3 aromatic carbocycles. The van der Waals surface area contributed by atoms with E-state index in [2.05, 4.69) is 0 Å². The molecule has 0 aliphatic carbocycles. The molecule has 0 aromatic heterocycles. The van der Waals surface area contributed by atoms with Crippen LogP contribution in [-0.2, 0) is 6.54 Å². The fourth-order valence-electron chi connectivity index (χ4n) is 3.48. The Morgan fingerprint density at radius 2 is 1.43 bits per heavy atom. The highest BCUT2D eigenvalue weighted by molar-refractivity contribution is 6.55. The molecular formula is C22H10Cl5N3O5. The topological polar surface area (TPSA) is 101 Å². The van der Waals surface area contributed by atoms with Crippen molar-refractivity contribution in [2.24, 2.45) is 0 Å². The minimum Gasteiger partial charge on any atom is -0.267 e. The van der Waals surface area contributed by atoms with Crippen LogP contribution in [0.4, 0.5) is 5.69 Å². The van der Waals surface area contributed by atoms with Crippen LogP contribution in [0.25, 0.3) is 0 Å². The van der Waals surface area contributed by atoms with Gasteiger partial charge in [0.15, 0.2) is 0 Å². The van der Waals surface area contributed by atoms with Crippen molar-refractivity contribution >= 4 is 81.4 Å². The maximum atomic E-state index is 13.6. The third kappa shape index (κ3) is 4.32. The molecule has 0 bridgehead atoms. The maximum absolute atomic E-state index is 13.6. The number of fused-ring (bicyclic) bond motifs is 1. The second kappa shape index (κ2) is 9.64. The summed E-state index contributed by atoms with van der Waals surface area (Å²) in [5.74, 6) is -2.87. The van der Waals surface area contributed by atoms with Gasteiger partial charge in [0.25, 0.3) is 23.4 Å². The molecule has 3 aromatic rings. The fourth-order valence-corrected chi connectivity index (χ4v) is 4.69. The Kier molecular flexibility index (Phi) is 6.95. The molecule has 3 amide bonds. The van der Waals surface area contributed by atoms with E-state index < -0.39 is 22.6 Å². The number of hydrogen-bond donors (Lipinski definition) is 0. The van der Waals surface area contributed by atoms with Gasteiger partial charge in [-0.2, -0.15) is 5.01 Å². The summed E-state index contributed by atoms with van der Waals surface area (Å²) in [5, 5.41) is 11.7. The number of hydrazine groups is 1. The van der Waals surface area contributed by atoms with Crippen LogP contribution in [0.3, 0.4) is 0 Å². The van der Waals surface area contributed by atoms with Crippen molar-refractivity contribution in [2.75, 3.05) is 0 Å². The highest BCUT2D eigenvalue weighted by Gasteiger charge is 2.46. The number of nitro groups is 1. The maximum Gasteiger partial charge on any atom is 0.282 e. The summed E-state index contributed by atoms with van der Waals surface area (Å²) >= 11 is 30.8. The summed E-state index contributed by atoms with van der Waals surface area (Å²) in [6, 6.07) is 11.3. The van der Waals surface area contributed by atoms with Gasteiger partial charge in [-0.15, -0.1) is 0 Å². The van der Waals surface area contributed by atoms with Crippen LogP contribution >= 0.6 is 58.0 Å². The molecule has 0 saturated carbocycles. The van der Waals surface area contributed by atoms with E-state index in [-0.39, 0.29) is 54.0 Å². The fraction of sp³-hybridized carbons (Fsp3) is 0.0455. The first-order valence-corrected chi connectivity index (χ1v) is 11.5. The standard InChI is InChI=1S/C22H10Cl5N3O5/c23-13-7-2-1-4-11(13)9-28(20(31)10-5-3-6-12(8-10)30(34)35)29-21(32)14-15(22(29)33)17(25)19(27)18(26)16(14)24/h1-8H,9H2. The zero-order valence-electron chi connectivity index (χ0n) is 17.1. The Balaban J connectivity index is 1.87. The number of carbonyl (C=O) groups excluding carboxylic acids is 3. The third-order valence-corrected chi connectivity index (χ3v) is 7.31. The Hall–Kier alpha value is -2.88. The van der Waals surface area contributed by atoms with Gasteiger partial charge in [0.05, 0.1) is 42.7 Å². The summed E-state index contributed by atoms with van der Waals surface area (Å²) in [6.45, 7) is -0.344. The molecule has 1 heterocycles. The van der Waals surface area contributed by atoms with E-state index in [1.54, 1.807) is 24.3 Å². The molecule has 1 aliphatic rings. The number of halogens is 5. The predicted molar refractivity (Wildman–Crippen MR) is 131 cm³/mol. The highest BCUT2D eigenvalue weighted by Crippen LogP contribution is 2.45. The van der Waals surface area contributed by atoms with E-state index in [0.717, 1.165) is 11.1 Å². The van der Waals surface area contributed by atoms with Crippen molar-refractivity contribution in [3.05, 3.63) is 106 Å². The minimum absolute atomic E-state index is 0.156. The van der Waals surface area contributed by atoms with Crippen molar-refractivity contribution in [3.8, 4) is 0 Å². The molecule has 178 valence electrons. The van der Waals surface area contributed by atoms with E-state index in [4.69, 9.17) is 58.0 Å². The molecule has 0 spiro atoms. The van der Waals surface area contributed by atoms with Crippen molar-refractivity contribution in [1.29, 1.82) is 0 Å². The monoisotopic (exact) mass is 571 g/mol. The number of imide groups is 1. The second-order valence-corrected chi connectivity index (χ2v) is 9.11. The molecule has 0 unspecified atom stereocenters. The number of amides is 3. The third-order valence-electron chi connectivity index (χ3n) is 5.14. The Morgan fingerprint density at radius 3 is 1.97 bits per heavy atom. The Morgan fingerprint density at radius 1 is 0.857 bits per heavy atom. The van der Waals surface area contributed by atoms with Crippen LogP contribution in [0.5, 0.6) is 0 Å². The Bertz CT molecular complexity index is 1400. The zero-order valence-corrected chi connectivity index (χ0v) is 20.9. The lowest BCUT2D eigenvalue weighted by molar-refractivity contribution is -0.384. The van der Waals surface area contributed by atoms with Gasteiger partial charge in [-0.1, -0.05) is 82.3 Å². The second-order valence-electron chi connectivity index (χ2n) is 7.19. The van der Waals surface area contributed by atoms with Crippen LogP contribution in [0.15, 0.2) is 48.5 Å². The summed E-state index contributed by atoms with van der Waals surface area (Å²) < 4.78 is 0. The van der Waals surface area contributed by atoms with Gasteiger partial charge < -0.3 is 0 Å². The molecule has 0 radical (unpaired) electrons. The average molecular weight is 574 g/mol. The summed E-state index contributed by atoms with van der Waals surface area (Å²) in [5.41, 5.74) is -0.784. The van der Waals surface area contributed by atoms with Gasteiger partial charge in [-0.05, 0) is 17.7 Å². The number of nitrogens with zero attached hydrogens (tertiary/aromatic N) is 3. The number of benzene rings is 3. The SMILES string of the molecule is O=C(c1cccc([N+](=O)[O-])c1)N(Cc1ccccc1Cl)N1C(=O)c2c(Cl)c(Cl)c(Cl)c(Cl)c2C1=O. The lowest BCUT2D eigenvalue weighted by Gasteiger charge is -2.30. The molecule has 0 fully saturated rings. The summed E-state index contributed by atoms with van der Waals surface area (Å²) in [6.07, 6.45) is 0. The number of non-ortho nitro benzene ring substituents is 1. The molecule has 35 heavy (non-hydrogen) atoms. The lowest BCUT2D eigenvalue weighted by Crippen LogP contribution is -2.49. The molecule has 0 N–H and O–H groups in total. The van der Waals surface area contributed by atoms with E-state index >= 15 is 0 Å². The first-order valence-electron chi connectivity index (χ1n) is 9.59. The van der Waals surface area contributed by atoms with Crippen LogP contribution in [-0.4, -0.2) is 32.7 Å². The minimum atomic E-state index is -0.985. The predicted octanol–water partition coefficient (Wildman–Crippen LogP) is 6.72. The molecule has 0 atom stereocenters. The number of rotatable bonds is 5. The van der Waals surface area contributed by atoms with Gasteiger partial charge in [-0.25, -0.2) is 5.01 Å². The summed E-state index contributed by atoms with van der Waals surface area (Å²) in [7, 11) is 0. The quantitative estimate of drug-likeness (QED) is 0.111. The average Bonchev–Trinajstić information content (AvgIpc) is 3.10. The first kappa shape index (κ1) is 25.2. The number of hydrogen-bond acceptors (Lipinski definition) is 5. The summed E-state index contributed by atoms with van der Waals surface area (Å²) in [4.78, 5) is 50.9. The van der Waals surface area contributed by atoms with Crippen molar-refractivity contribution < 1.29 is 19.3 Å². The lowest BCUT2D eigenvalue weighted by atomic mass is 10.1. The van der Waals surface area contributed by atoms with Crippen molar-refractivity contribution in [2.45, 2.75) is 6.54 Å². The van der Waals surface area contributed by atoms with Gasteiger partial charge in [0.1, 0.15) is 0 Å². The van der Waals surface area contributed by atoms with E-state index in [0.29, 0.717) is 10.6 Å². The normalized spacial score (nSPS) is 12.7. The highest BCUT2D eigenvalue weighted by atomic mass is 35.5. The molecule has 1 aliphatic heterocycles. The van der Waals surface area contributed by atoms with E-state index in [1.807, 2.05) is 0 Å².